The number of carbonyl (C=O) groups excluding carboxylic acids is 1. The van der Waals surface area contributed by atoms with E-state index in [0.29, 0.717) is 19.6 Å². The Hall–Kier alpha value is -1.20. The molecule has 94 valence electrons. The number of Topliss-reactive ketones (excluding diaryl/α,β-unsaturated/α-hetero) is 1. The summed E-state index contributed by atoms with van der Waals surface area (Å²) < 4.78 is 7.27. The van der Waals surface area contributed by atoms with Crippen LogP contribution in [0.25, 0.3) is 0 Å². The highest BCUT2D eigenvalue weighted by Crippen LogP contribution is 2.09. The smallest absolute Gasteiger partial charge is 0.168 e. The summed E-state index contributed by atoms with van der Waals surface area (Å²) in [5.74, 6) is 0.138. The van der Waals surface area contributed by atoms with Gasteiger partial charge in [-0.15, -0.1) is 0 Å². The third kappa shape index (κ3) is 2.92. The summed E-state index contributed by atoms with van der Waals surface area (Å²) in [6.07, 6.45) is 0.111. The van der Waals surface area contributed by atoms with Crippen molar-refractivity contribution >= 4 is 5.78 Å². The Morgan fingerprint density at radius 1 is 1.59 bits per heavy atom. The molecule has 2 rings (SSSR count). The molecule has 1 aromatic rings. The van der Waals surface area contributed by atoms with Crippen molar-refractivity contribution in [1.82, 2.24) is 14.7 Å². The van der Waals surface area contributed by atoms with E-state index >= 15 is 0 Å². The number of ketones is 1. The number of aromatic nitrogens is 2. The summed E-state index contributed by atoms with van der Waals surface area (Å²) in [5.41, 5.74) is 1.89. The van der Waals surface area contributed by atoms with Gasteiger partial charge in [-0.2, -0.15) is 5.10 Å². The average molecular weight is 237 g/mol. The fourth-order valence-corrected chi connectivity index (χ4v) is 2.09. The maximum Gasteiger partial charge on any atom is 0.168 e. The highest BCUT2D eigenvalue weighted by atomic mass is 16.5. The minimum atomic E-state index is -0.288. The van der Waals surface area contributed by atoms with Gasteiger partial charge in [0, 0.05) is 25.8 Å². The highest BCUT2D eigenvalue weighted by Gasteiger charge is 2.25. The van der Waals surface area contributed by atoms with Crippen molar-refractivity contribution in [2.24, 2.45) is 7.05 Å². The van der Waals surface area contributed by atoms with Gasteiger partial charge in [0.25, 0.3) is 0 Å². The highest BCUT2D eigenvalue weighted by molar-refractivity contribution is 5.85. The second kappa shape index (κ2) is 4.98. The summed E-state index contributed by atoms with van der Waals surface area (Å²) >= 11 is 0. The van der Waals surface area contributed by atoms with Crippen molar-refractivity contribution < 1.29 is 9.53 Å². The standard InChI is InChI=1S/C12H19N3O2/c1-9-6-10(15(3)13-9)7-11(16)12-8-14(2)4-5-17-12/h6,12H,4-5,7-8H2,1-3H3. The molecule has 0 aromatic carbocycles. The van der Waals surface area contributed by atoms with Crippen LogP contribution in [0.15, 0.2) is 6.07 Å². The molecule has 1 aliphatic rings. The van der Waals surface area contributed by atoms with Gasteiger partial charge >= 0.3 is 0 Å². The molecule has 1 unspecified atom stereocenters. The minimum absolute atomic E-state index is 0.138. The van der Waals surface area contributed by atoms with Gasteiger partial charge in [0.15, 0.2) is 5.78 Å². The summed E-state index contributed by atoms with van der Waals surface area (Å²) in [6, 6.07) is 1.95. The quantitative estimate of drug-likeness (QED) is 0.752. The van der Waals surface area contributed by atoms with Gasteiger partial charge < -0.3 is 9.64 Å². The summed E-state index contributed by atoms with van der Waals surface area (Å²) in [6.45, 7) is 4.15. The number of morpholine rings is 1. The Balaban J connectivity index is 1.99. The van der Waals surface area contributed by atoms with Crippen LogP contribution in [0.2, 0.25) is 0 Å². The van der Waals surface area contributed by atoms with E-state index in [0.717, 1.165) is 17.9 Å². The van der Waals surface area contributed by atoms with Gasteiger partial charge in [-0.05, 0) is 20.0 Å². The number of carbonyl (C=O) groups is 1. The lowest BCUT2D eigenvalue weighted by molar-refractivity contribution is -0.134. The Morgan fingerprint density at radius 3 is 2.94 bits per heavy atom. The second-order valence-corrected chi connectivity index (χ2v) is 4.67. The number of ether oxygens (including phenoxy) is 1. The maximum atomic E-state index is 12.1. The molecule has 0 saturated carbocycles. The first-order valence-electron chi connectivity index (χ1n) is 5.88. The van der Waals surface area contributed by atoms with Gasteiger partial charge in [-0.3, -0.25) is 9.48 Å². The summed E-state index contributed by atoms with van der Waals surface area (Å²) in [4.78, 5) is 14.2. The van der Waals surface area contributed by atoms with E-state index in [-0.39, 0.29) is 11.9 Å². The molecule has 1 atom stereocenters. The monoisotopic (exact) mass is 237 g/mol. The third-order valence-corrected chi connectivity index (χ3v) is 3.08. The van der Waals surface area contributed by atoms with E-state index < -0.39 is 0 Å². The van der Waals surface area contributed by atoms with E-state index in [4.69, 9.17) is 4.74 Å². The SMILES string of the molecule is Cc1cc(CC(=O)C2CN(C)CCO2)n(C)n1. The molecule has 0 radical (unpaired) electrons. The van der Waals surface area contributed by atoms with Crippen molar-refractivity contribution in [3.8, 4) is 0 Å². The fourth-order valence-electron chi connectivity index (χ4n) is 2.09. The average Bonchev–Trinajstić information content (AvgIpc) is 2.57. The van der Waals surface area contributed by atoms with E-state index in [1.165, 1.54) is 0 Å². The summed E-state index contributed by atoms with van der Waals surface area (Å²) in [5, 5.41) is 4.24. The molecule has 0 N–H and O–H groups in total. The Morgan fingerprint density at radius 2 is 2.35 bits per heavy atom. The van der Waals surface area contributed by atoms with Crippen molar-refractivity contribution in [3.05, 3.63) is 17.5 Å². The number of rotatable bonds is 3. The molecule has 0 amide bonds. The Kier molecular flexibility index (Phi) is 3.59. The van der Waals surface area contributed by atoms with Gasteiger partial charge in [-0.25, -0.2) is 0 Å². The van der Waals surface area contributed by atoms with Crippen LogP contribution in [0, 0.1) is 6.92 Å². The van der Waals surface area contributed by atoms with E-state index in [1.807, 2.05) is 27.1 Å². The van der Waals surface area contributed by atoms with Crippen LogP contribution in [0.4, 0.5) is 0 Å². The van der Waals surface area contributed by atoms with Gasteiger partial charge in [0.05, 0.1) is 18.7 Å². The van der Waals surface area contributed by atoms with Gasteiger partial charge in [0.2, 0.25) is 0 Å². The largest absolute Gasteiger partial charge is 0.368 e. The van der Waals surface area contributed by atoms with Crippen molar-refractivity contribution in [2.75, 3.05) is 26.7 Å². The molecule has 1 saturated heterocycles. The lowest BCUT2D eigenvalue weighted by atomic mass is 10.1. The van der Waals surface area contributed by atoms with Crippen LogP contribution in [-0.2, 0) is 23.0 Å². The first kappa shape index (κ1) is 12.3. The number of hydrogen-bond donors (Lipinski definition) is 0. The molecule has 17 heavy (non-hydrogen) atoms. The molecule has 1 aromatic heterocycles. The predicted molar refractivity (Wildman–Crippen MR) is 63.9 cm³/mol. The minimum Gasteiger partial charge on any atom is -0.368 e. The normalized spacial score (nSPS) is 21.7. The van der Waals surface area contributed by atoms with E-state index in [9.17, 15) is 4.79 Å². The van der Waals surface area contributed by atoms with Crippen LogP contribution >= 0.6 is 0 Å². The van der Waals surface area contributed by atoms with Crippen LogP contribution < -0.4 is 0 Å². The van der Waals surface area contributed by atoms with E-state index in [2.05, 4.69) is 10.00 Å². The lowest BCUT2D eigenvalue weighted by Crippen LogP contribution is -2.44. The Bertz CT molecular complexity index is 414. The van der Waals surface area contributed by atoms with Crippen LogP contribution in [0.3, 0.4) is 0 Å². The zero-order chi connectivity index (χ0) is 12.4. The molecule has 1 fully saturated rings. The van der Waals surface area contributed by atoms with Gasteiger partial charge in [0.1, 0.15) is 6.10 Å². The number of aryl methyl sites for hydroxylation is 2. The molecule has 0 spiro atoms. The predicted octanol–water partition coefficient (Wildman–Crippen LogP) is 0.171. The molecule has 5 heteroatoms. The molecule has 1 aliphatic heterocycles. The molecular weight excluding hydrogens is 218 g/mol. The second-order valence-electron chi connectivity index (χ2n) is 4.67. The van der Waals surface area contributed by atoms with E-state index in [1.54, 1.807) is 4.68 Å². The van der Waals surface area contributed by atoms with Crippen molar-refractivity contribution in [3.63, 3.8) is 0 Å². The lowest BCUT2D eigenvalue weighted by Gasteiger charge is -2.29. The zero-order valence-electron chi connectivity index (χ0n) is 10.6. The first-order valence-corrected chi connectivity index (χ1v) is 5.88. The fraction of sp³-hybridized carbons (Fsp3) is 0.667. The maximum absolute atomic E-state index is 12.1. The Labute approximate surface area is 101 Å². The zero-order valence-corrected chi connectivity index (χ0v) is 10.6. The molecule has 0 bridgehead atoms. The molecule has 0 aliphatic carbocycles. The summed E-state index contributed by atoms with van der Waals surface area (Å²) in [7, 11) is 3.88. The molecule has 5 nitrogen and oxygen atoms in total. The van der Waals surface area contributed by atoms with Crippen LogP contribution in [0.5, 0.6) is 0 Å². The van der Waals surface area contributed by atoms with Gasteiger partial charge in [-0.1, -0.05) is 0 Å². The van der Waals surface area contributed by atoms with Crippen LogP contribution in [-0.4, -0.2) is 53.3 Å². The number of likely N-dealkylation sites (N-methyl/N-ethyl adjacent to an activating group) is 1. The van der Waals surface area contributed by atoms with Crippen molar-refractivity contribution in [1.29, 1.82) is 0 Å². The number of hydrogen-bond acceptors (Lipinski definition) is 4. The number of nitrogens with zero attached hydrogens (tertiary/aromatic N) is 3. The molecule has 2 heterocycles. The molecular formula is C12H19N3O2. The third-order valence-electron chi connectivity index (χ3n) is 3.08. The van der Waals surface area contributed by atoms with Crippen molar-refractivity contribution in [2.45, 2.75) is 19.4 Å². The first-order chi connectivity index (χ1) is 8.06. The van der Waals surface area contributed by atoms with Crippen LogP contribution in [0.1, 0.15) is 11.4 Å². The topological polar surface area (TPSA) is 47.4 Å².